The number of halogens is 1. The monoisotopic (exact) mass is 279 g/mol. The van der Waals surface area contributed by atoms with Gasteiger partial charge in [-0.3, -0.25) is 0 Å². The fraction of sp³-hybridized carbons (Fsp3) is 0.333. The Balaban J connectivity index is 2.17. The van der Waals surface area contributed by atoms with Crippen LogP contribution in [0.25, 0.3) is 0 Å². The largest absolute Gasteiger partial charge is 0.312 e. The molecule has 0 spiro atoms. The first-order valence-electron chi connectivity index (χ1n) is 6.09. The van der Waals surface area contributed by atoms with Crippen molar-refractivity contribution in [2.24, 2.45) is 0 Å². The molecule has 1 nitrogen and oxygen atoms in total. The van der Waals surface area contributed by atoms with E-state index < -0.39 is 0 Å². The first-order chi connectivity index (χ1) is 8.60. The number of likely N-dealkylation sites (N-methyl/N-ethyl adjacent to an activating group) is 1. The van der Waals surface area contributed by atoms with Crippen LogP contribution in [0.1, 0.15) is 27.6 Å². The molecule has 0 fully saturated rings. The van der Waals surface area contributed by atoms with Crippen molar-refractivity contribution in [2.75, 3.05) is 7.05 Å². The average Bonchev–Trinajstić information content (AvgIpc) is 2.77. The summed E-state index contributed by atoms with van der Waals surface area (Å²) in [5.74, 6) is 0. The summed E-state index contributed by atoms with van der Waals surface area (Å²) in [7, 11) is 2.00. The maximum Gasteiger partial charge on any atom is 0.0931 e. The molecule has 3 heteroatoms. The maximum absolute atomic E-state index is 6.00. The number of benzene rings is 1. The third kappa shape index (κ3) is 3.14. The number of nitrogens with one attached hydrogen (secondary N) is 1. The molecule has 0 aliphatic rings. The van der Waals surface area contributed by atoms with Crippen molar-refractivity contribution in [3.63, 3.8) is 0 Å². The van der Waals surface area contributed by atoms with Crippen LogP contribution < -0.4 is 5.32 Å². The summed E-state index contributed by atoms with van der Waals surface area (Å²) in [6.07, 6.45) is 0.995. The standard InChI is InChI=1S/C15H18ClNS/c1-10-4-5-12(8-11(10)2)9-13(17-3)14-6-7-15(16)18-14/h4-8,13,17H,9H2,1-3H3. The second-order valence-corrected chi connectivity index (χ2v) is 6.35. The van der Waals surface area contributed by atoms with Gasteiger partial charge in [-0.2, -0.15) is 0 Å². The van der Waals surface area contributed by atoms with Gasteiger partial charge in [0.2, 0.25) is 0 Å². The lowest BCUT2D eigenvalue weighted by atomic mass is 10.0. The van der Waals surface area contributed by atoms with E-state index in [9.17, 15) is 0 Å². The molecule has 2 aromatic rings. The van der Waals surface area contributed by atoms with E-state index in [1.54, 1.807) is 11.3 Å². The van der Waals surface area contributed by atoms with Crippen LogP contribution in [-0.4, -0.2) is 7.05 Å². The van der Waals surface area contributed by atoms with Crippen molar-refractivity contribution in [1.29, 1.82) is 0 Å². The molecule has 1 N–H and O–H groups in total. The summed E-state index contributed by atoms with van der Waals surface area (Å²) in [5.41, 5.74) is 4.06. The minimum atomic E-state index is 0.338. The van der Waals surface area contributed by atoms with Crippen LogP contribution in [0.2, 0.25) is 4.34 Å². The minimum absolute atomic E-state index is 0.338. The molecule has 0 aliphatic heterocycles. The predicted octanol–water partition coefficient (Wildman–Crippen LogP) is 4.52. The van der Waals surface area contributed by atoms with Gasteiger partial charge < -0.3 is 5.32 Å². The molecule has 96 valence electrons. The molecule has 18 heavy (non-hydrogen) atoms. The summed E-state index contributed by atoms with van der Waals surface area (Å²) in [6, 6.07) is 11.1. The van der Waals surface area contributed by atoms with E-state index in [1.807, 2.05) is 13.1 Å². The Labute approximate surface area is 118 Å². The third-order valence-electron chi connectivity index (χ3n) is 3.30. The van der Waals surface area contributed by atoms with E-state index in [1.165, 1.54) is 21.6 Å². The van der Waals surface area contributed by atoms with Crippen LogP contribution in [-0.2, 0) is 6.42 Å². The average molecular weight is 280 g/mol. The molecule has 1 heterocycles. The topological polar surface area (TPSA) is 12.0 Å². The Kier molecular flexibility index (Phi) is 4.44. The van der Waals surface area contributed by atoms with Gasteiger partial charge in [-0.25, -0.2) is 0 Å². The Hall–Kier alpha value is -0.830. The van der Waals surface area contributed by atoms with Crippen LogP contribution in [0.5, 0.6) is 0 Å². The Morgan fingerprint density at radius 1 is 1.17 bits per heavy atom. The molecule has 0 radical (unpaired) electrons. The van der Waals surface area contributed by atoms with Gasteiger partial charge in [0.05, 0.1) is 4.34 Å². The van der Waals surface area contributed by atoms with Crippen molar-refractivity contribution in [1.82, 2.24) is 5.32 Å². The summed E-state index contributed by atoms with van der Waals surface area (Å²) >= 11 is 7.65. The molecule has 0 saturated carbocycles. The Morgan fingerprint density at radius 3 is 2.50 bits per heavy atom. The lowest BCUT2D eigenvalue weighted by Gasteiger charge is -2.15. The first kappa shape index (κ1) is 13.6. The van der Waals surface area contributed by atoms with E-state index in [2.05, 4.69) is 43.4 Å². The lowest BCUT2D eigenvalue weighted by molar-refractivity contribution is 0.602. The van der Waals surface area contributed by atoms with Crippen molar-refractivity contribution in [3.05, 3.63) is 56.2 Å². The summed E-state index contributed by atoms with van der Waals surface area (Å²) in [5, 5.41) is 3.37. The van der Waals surface area contributed by atoms with E-state index in [0.29, 0.717) is 6.04 Å². The van der Waals surface area contributed by atoms with E-state index in [0.717, 1.165) is 10.8 Å². The first-order valence-corrected chi connectivity index (χ1v) is 7.28. The molecule has 1 aromatic heterocycles. The van der Waals surface area contributed by atoms with Gasteiger partial charge in [-0.1, -0.05) is 29.8 Å². The highest BCUT2D eigenvalue weighted by molar-refractivity contribution is 7.16. The van der Waals surface area contributed by atoms with Crippen molar-refractivity contribution in [3.8, 4) is 0 Å². The SMILES string of the molecule is CNC(Cc1ccc(C)c(C)c1)c1ccc(Cl)s1. The fourth-order valence-electron chi connectivity index (χ4n) is 2.03. The quantitative estimate of drug-likeness (QED) is 0.868. The predicted molar refractivity (Wildman–Crippen MR) is 80.7 cm³/mol. The smallest absolute Gasteiger partial charge is 0.0931 e. The van der Waals surface area contributed by atoms with Crippen LogP contribution in [0, 0.1) is 13.8 Å². The van der Waals surface area contributed by atoms with E-state index in [4.69, 9.17) is 11.6 Å². The molecular weight excluding hydrogens is 262 g/mol. The molecule has 1 aromatic carbocycles. The van der Waals surface area contributed by atoms with Gasteiger partial charge in [0.15, 0.2) is 0 Å². The van der Waals surface area contributed by atoms with Gasteiger partial charge in [-0.15, -0.1) is 11.3 Å². The van der Waals surface area contributed by atoms with Crippen molar-refractivity contribution in [2.45, 2.75) is 26.3 Å². The molecule has 0 bridgehead atoms. The maximum atomic E-state index is 6.00. The zero-order valence-electron chi connectivity index (χ0n) is 11.0. The molecule has 0 amide bonds. The molecule has 1 atom stereocenters. The number of hydrogen-bond donors (Lipinski definition) is 1. The number of aryl methyl sites for hydroxylation is 2. The van der Waals surface area contributed by atoms with Crippen LogP contribution in [0.15, 0.2) is 30.3 Å². The molecular formula is C15H18ClNS. The highest BCUT2D eigenvalue weighted by atomic mass is 35.5. The molecule has 1 unspecified atom stereocenters. The second-order valence-electron chi connectivity index (χ2n) is 4.61. The van der Waals surface area contributed by atoms with Gasteiger partial charge in [0.25, 0.3) is 0 Å². The summed E-state index contributed by atoms with van der Waals surface area (Å²) < 4.78 is 0.852. The molecule has 0 saturated heterocycles. The zero-order chi connectivity index (χ0) is 13.1. The van der Waals surface area contributed by atoms with Crippen molar-refractivity contribution >= 4 is 22.9 Å². The van der Waals surface area contributed by atoms with Gasteiger partial charge >= 0.3 is 0 Å². The van der Waals surface area contributed by atoms with Crippen molar-refractivity contribution < 1.29 is 0 Å². The second kappa shape index (κ2) is 5.87. The van der Waals surface area contributed by atoms with Gasteiger partial charge in [0, 0.05) is 10.9 Å². The lowest BCUT2D eigenvalue weighted by Crippen LogP contribution is -2.17. The fourth-order valence-corrected chi connectivity index (χ4v) is 3.20. The van der Waals surface area contributed by atoms with Gasteiger partial charge in [0.1, 0.15) is 0 Å². The van der Waals surface area contributed by atoms with Crippen LogP contribution >= 0.6 is 22.9 Å². The third-order valence-corrected chi connectivity index (χ3v) is 4.64. The van der Waals surface area contributed by atoms with Gasteiger partial charge in [-0.05, 0) is 56.1 Å². The number of hydrogen-bond acceptors (Lipinski definition) is 2. The normalized spacial score (nSPS) is 12.7. The van der Waals surface area contributed by atoms with E-state index >= 15 is 0 Å². The van der Waals surface area contributed by atoms with Crippen LogP contribution in [0.4, 0.5) is 0 Å². The number of rotatable bonds is 4. The van der Waals surface area contributed by atoms with E-state index in [-0.39, 0.29) is 0 Å². The summed E-state index contributed by atoms with van der Waals surface area (Å²) in [4.78, 5) is 1.29. The zero-order valence-corrected chi connectivity index (χ0v) is 12.5. The molecule has 0 aliphatic carbocycles. The number of thiophene rings is 1. The Bertz CT molecular complexity index is 533. The van der Waals surface area contributed by atoms with Crippen LogP contribution in [0.3, 0.4) is 0 Å². The highest BCUT2D eigenvalue weighted by Crippen LogP contribution is 2.29. The molecule has 2 rings (SSSR count). The highest BCUT2D eigenvalue weighted by Gasteiger charge is 2.12. The minimum Gasteiger partial charge on any atom is -0.312 e. The Morgan fingerprint density at radius 2 is 1.94 bits per heavy atom. The summed E-state index contributed by atoms with van der Waals surface area (Å²) in [6.45, 7) is 4.31.